The van der Waals surface area contributed by atoms with Crippen molar-refractivity contribution in [3.8, 4) is 11.3 Å². The van der Waals surface area contributed by atoms with Gasteiger partial charge in [0.05, 0.1) is 11.3 Å². The predicted octanol–water partition coefficient (Wildman–Crippen LogP) is 2.76. The largest absolute Gasteiger partial charge is 0.416 e. The summed E-state index contributed by atoms with van der Waals surface area (Å²) in [6.45, 7) is 1.61. The van der Waals surface area contributed by atoms with Gasteiger partial charge in [0.1, 0.15) is 5.82 Å². The quantitative estimate of drug-likeness (QED) is 0.850. The molecule has 3 nitrogen and oxygen atoms in total. The molecule has 0 aliphatic carbocycles. The lowest BCUT2D eigenvalue weighted by atomic mass is 10.1. The molecule has 0 aliphatic heterocycles. The third-order valence-corrected chi connectivity index (χ3v) is 2.37. The number of aromatic amines is 1. The summed E-state index contributed by atoms with van der Waals surface area (Å²) in [6, 6.07) is 5.77. The lowest BCUT2D eigenvalue weighted by Crippen LogP contribution is -2.08. The summed E-state index contributed by atoms with van der Waals surface area (Å²) < 4.78 is 37.1. The first-order valence-corrected chi connectivity index (χ1v) is 5.12. The van der Waals surface area contributed by atoms with Crippen LogP contribution in [-0.4, -0.2) is 9.97 Å². The van der Waals surface area contributed by atoms with Crippen LogP contribution in [0.2, 0.25) is 0 Å². The number of nitrogens with zero attached hydrogens (tertiary/aromatic N) is 1. The molecule has 0 atom stereocenters. The van der Waals surface area contributed by atoms with Gasteiger partial charge in [0.2, 0.25) is 0 Å². The minimum atomic E-state index is -4.37. The fourth-order valence-electron chi connectivity index (χ4n) is 1.56. The highest BCUT2D eigenvalue weighted by Gasteiger charge is 2.29. The van der Waals surface area contributed by atoms with Gasteiger partial charge in [0, 0.05) is 11.6 Å². The van der Waals surface area contributed by atoms with Crippen molar-refractivity contribution in [1.82, 2.24) is 9.97 Å². The Hall–Kier alpha value is -2.11. The zero-order chi connectivity index (χ0) is 13.3. The number of aryl methyl sites for hydroxylation is 1. The van der Waals surface area contributed by atoms with Gasteiger partial charge in [-0.15, -0.1) is 0 Å². The molecule has 0 unspecified atom stereocenters. The summed E-state index contributed by atoms with van der Waals surface area (Å²) in [5.41, 5.74) is -0.243. The first-order chi connectivity index (χ1) is 8.36. The predicted molar refractivity (Wildman–Crippen MR) is 60.0 cm³/mol. The van der Waals surface area contributed by atoms with Gasteiger partial charge in [-0.25, -0.2) is 4.98 Å². The molecule has 2 rings (SSSR count). The molecule has 2 aromatic rings. The standard InChI is InChI=1S/C12H9F3N2O/c1-7-16-10(6-11(18)17-7)8-2-4-9(5-3-8)12(13,14)15/h2-6H,1H3,(H,16,17,18). The second kappa shape index (κ2) is 4.29. The van der Waals surface area contributed by atoms with Gasteiger partial charge < -0.3 is 4.98 Å². The van der Waals surface area contributed by atoms with E-state index in [1.165, 1.54) is 18.2 Å². The van der Waals surface area contributed by atoms with Crippen molar-refractivity contribution in [3.05, 3.63) is 52.1 Å². The average Bonchev–Trinajstić information content (AvgIpc) is 2.27. The number of benzene rings is 1. The Balaban J connectivity index is 2.43. The Bertz CT molecular complexity index is 614. The fraction of sp³-hybridized carbons (Fsp3) is 0.167. The van der Waals surface area contributed by atoms with Crippen molar-refractivity contribution in [2.45, 2.75) is 13.1 Å². The Kier molecular flexibility index (Phi) is 2.94. The van der Waals surface area contributed by atoms with E-state index in [1.54, 1.807) is 6.92 Å². The van der Waals surface area contributed by atoms with Crippen LogP contribution in [0.3, 0.4) is 0 Å². The maximum atomic E-state index is 12.4. The Labute approximate surface area is 100 Å². The number of rotatable bonds is 1. The van der Waals surface area contributed by atoms with E-state index in [1.807, 2.05) is 0 Å². The molecule has 0 aliphatic rings. The molecule has 1 N–H and O–H groups in total. The van der Waals surface area contributed by atoms with Crippen molar-refractivity contribution in [3.63, 3.8) is 0 Å². The van der Waals surface area contributed by atoms with Gasteiger partial charge in [-0.1, -0.05) is 12.1 Å². The summed E-state index contributed by atoms with van der Waals surface area (Å²) in [6.07, 6.45) is -4.37. The zero-order valence-corrected chi connectivity index (χ0v) is 9.38. The van der Waals surface area contributed by atoms with Crippen LogP contribution in [0.15, 0.2) is 35.1 Å². The van der Waals surface area contributed by atoms with Crippen LogP contribution in [0.5, 0.6) is 0 Å². The molecular weight excluding hydrogens is 245 g/mol. The molecular formula is C12H9F3N2O. The third-order valence-electron chi connectivity index (χ3n) is 2.37. The van der Waals surface area contributed by atoms with Crippen LogP contribution < -0.4 is 5.56 Å². The number of aromatic nitrogens is 2. The molecule has 1 heterocycles. The Morgan fingerprint density at radius 3 is 2.28 bits per heavy atom. The molecule has 0 bridgehead atoms. The van der Waals surface area contributed by atoms with Gasteiger partial charge in [-0.05, 0) is 19.1 Å². The van der Waals surface area contributed by atoms with Crippen molar-refractivity contribution >= 4 is 0 Å². The summed E-state index contributed by atoms with van der Waals surface area (Å²) in [5, 5.41) is 0. The van der Waals surface area contributed by atoms with Crippen LogP contribution >= 0.6 is 0 Å². The van der Waals surface area contributed by atoms with Gasteiger partial charge in [0.25, 0.3) is 5.56 Å². The van der Waals surface area contributed by atoms with E-state index in [0.29, 0.717) is 17.1 Å². The van der Waals surface area contributed by atoms with E-state index in [-0.39, 0.29) is 5.56 Å². The third kappa shape index (κ3) is 2.58. The lowest BCUT2D eigenvalue weighted by Gasteiger charge is -2.07. The van der Waals surface area contributed by atoms with Gasteiger partial charge >= 0.3 is 6.18 Å². The molecule has 0 spiro atoms. The summed E-state index contributed by atoms with van der Waals surface area (Å²) in [4.78, 5) is 17.8. The normalized spacial score (nSPS) is 11.6. The topological polar surface area (TPSA) is 45.8 Å². The number of hydrogen-bond acceptors (Lipinski definition) is 2. The summed E-state index contributed by atoms with van der Waals surface area (Å²) in [7, 11) is 0. The van der Waals surface area contributed by atoms with E-state index < -0.39 is 11.7 Å². The first-order valence-electron chi connectivity index (χ1n) is 5.12. The highest BCUT2D eigenvalue weighted by molar-refractivity contribution is 5.59. The van der Waals surface area contributed by atoms with Crippen LogP contribution in [0.1, 0.15) is 11.4 Å². The van der Waals surface area contributed by atoms with E-state index >= 15 is 0 Å². The molecule has 0 fully saturated rings. The van der Waals surface area contributed by atoms with Crippen molar-refractivity contribution < 1.29 is 13.2 Å². The fourth-order valence-corrected chi connectivity index (χ4v) is 1.56. The minimum Gasteiger partial charge on any atom is -0.311 e. The second-order valence-corrected chi connectivity index (χ2v) is 3.79. The van der Waals surface area contributed by atoms with E-state index in [0.717, 1.165) is 12.1 Å². The van der Waals surface area contributed by atoms with Crippen molar-refractivity contribution in [2.75, 3.05) is 0 Å². The number of alkyl halides is 3. The monoisotopic (exact) mass is 254 g/mol. The van der Waals surface area contributed by atoms with Crippen LogP contribution in [0.25, 0.3) is 11.3 Å². The molecule has 1 aromatic heterocycles. The van der Waals surface area contributed by atoms with E-state index in [9.17, 15) is 18.0 Å². The van der Waals surface area contributed by atoms with Crippen LogP contribution in [0.4, 0.5) is 13.2 Å². The highest BCUT2D eigenvalue weighted by atomic mass is 19.4. The summed E-state index contributed by atoms with van der Waals surface area (Å²) in [5.74, 6) is 0.414. The molecule has 0 saturated heterocycles. The Morgan fingerprint density at radius 2 is 1.78 bits per heavy atom. The van der Waals surface area contributed by atoms with Crippen LogP contribution in [0, 0.1) is 6.92 Å². The SMILES string of the molecule is Cc1nc(-c2ccc(C(F)(F)F)cc2)cc(=O)[nH]1. The average molecular weight is 254 g/mol. The van der Waals surface area contributed by atoms with Gasteiger partial charge in [0.15, 0.2) is 0 Å². The van der Waals surface area contributed by atoms with Crippen molar-refractivity contribution in [2.24, 2.45) is 0 Å². The number of H-pyrrole nitrogens is 1. The van der Waals surface area contributed by atoms with E-state index in [2.05, 4.69) is 9.97 Å². The molecule has 6 heteroatoms. The number of hydrogen-bond donors (Lipinski definition) is 1. The second-order valence-electron chi connectivity index (χ2n) is 3.79. The first kappa shape index (κ1) is 12.3. The maximum Gasteiger partial charge on any atom is 0.416 e. The molecule has 0 saturated carbocycles. The molecule has 0 amide bonds. The number of halogens is 3. The molecule has 18 heavy (non-hydrogen) atoms. The maximum absolute atomic E-state index is 12.4. The van der Waals surface area contributed by atoms with Gasteiger partial charge in [-0.3, -0.25) is 4.79 Å². The molecule has 94 valence electrons. The zero-order valence-electron chi connectivity index (χ0n) is 9.38. The molecule has 1 aromatic carbocycles. The smallest absolute Gasteiger partial charge is 0.311 e. The number of nitrogens with one attached hydrogen (secondary N) is 1. The van der Waals surface area contributed by atoms with E-state index in [4.69, 9.17) is 0 Å². The minimum absolute atomic E-state index is 0.336. The van der Waals surface area contributed by atoms with Gasteiger partial charge in [-0.2, -0.15) is 13.2 Å². The van der Waals surface area contributed by atoms with Crippen LogP contribution in [-0.2, 0) is 6.18 Å². The Morgan fingerprint density at radius 1 is 1.17 bits per heavy atom. The van der Waals surface area contributed by atoms with Crippen molar-refractivity contribution in [1.29, 1.82) is 0 Å². The highest BCUT2D eigenvalue weighted by Crippen LogP contribution is 2.30. The lowest BCUT2D eigenvalue weighted by molar-refractivity contribution is -0.137. The molecule has 0 radical (unpaired) electrons. The summed E-state index contributed by atoms with van der Waals surface area (Å²) >= 11 is 0.